The Labute approximate surface area is 208 Å². The quantitative estimate of drug-likeness (QED) is 0.319. The summed E-state index contributed by atoms with van der Waals surface area (Å²) in [5.41, 5.74) is 5.54. The van der Waals surface area contributed by atoms with Gasteiger partial charge in [0.25, 0.3) is 0 Å². The molecule has 0 fully saturated rings. The second-order valence-corrected chi connectivity index (χ2v) is 10.7. The molecule has 1 unspecified atom stereocenters. The van der Waals surface area contributed by atoms with Crippen LogP contribution in [0.5, 0.6) is 5.75 Å². The summed E-state index contributed by atoms with van der Waals surface area (Å²) in [5.74, 6) is 0.835. The van der Waals surface area contributed by atoms with Crippen LogP contribution in [0.4, 0.5) is 0 Å². The highest BCUT2D eigenvalue weighted by Crippen LogP contribution is 2.30. The van der Waals surface area contributed by atoms with Gasteiger partial charge in [0.05, 0.1) is 25.5 Å². The van der Waals surface area contributed by atoms with E-state index in [1.165, 1.54) is 11.1 Å². The minimum absolute atomic E-state index is 0.00617. The van der Waals surface area contributed by atoms with Crippen molar-refractivity contribution in [1.29, 1.82) is 0 Å². The maximum atomic E-state index is 5.25. The van der Waals surface area contributed by atoms with Crippen LogP contribution in [0.3, 0.4) is 0 Å². The first-order valence-electron chi connectivity index (χ1n) is 12.2. The molecule has 35 heavy (non-hydrogen) atoms. The second-order valence-electron chi connectivity index (χ2n) is 10.7. The second kappa shape index (κ2) is 10.0. The van der Waals surface area contributed by atoms with Gasteiger partial charge in [0.2, 0.25) is 0 Å². The van der Waals surface area contributed by atoms with E-state index in [4.69, 9.17) is 4.74 Å². The van der Waals surface area contributed by atoms with Crippen molar-refractivity contribution in [2.45, 2.75) is 66.0 Å². The Morgan fingerprint density at radius 1 is 0.800 bits per heavy atom. The summed E-state index contributed by atoms with van der Waals surface area (Å²) < 4.78 is 9.13. The smallest absolute Gasteiger partial charge is 0.118 e. The third kappa shape index (κ3) is 6.15. The molecular formula is C28H36N6O. The van der Waals surface area contributed by atoms with Crippen LogP contribution in [-0.4, -0.2) is 37.1 Å². The lowest BCUT2D eigenvalue weighted by atomic mass is 9.81. The molecule has 0 spiro atoms. The maximum absolute atomic E-state index is 5.25. The van der Waals surface area contributed by atoms with Gasteiger partial charge >= 0.3 is 0 Å². The highest BCUT2D eigenvalue weighted by Gasteiger charge is 2.24. The van der Waals surface area contributed by atoms with Gasteiger partial charge in [-0.1, -0.05) is 69.3 Å². The number of nitrogens with zero attached hydrogens (tertiary/aromatic N) is 6. The molecule has 4 aromatic rings. The number of hydrogen-bond donors (Lipinski definition) is 0. The van der Waals surface area contributed by atoms with E-state index in [1.807, 2.05) is 46.0 Å². The third-order valence-electron chi connectivity index (χ3n) is 6.63. The van der Waals surface area contributed by atoms with E-state index in [9.17, 15) is 0 Å². The van der Waals surface area contributed by atoms with Gasteiger partial charge < -0.3 is 4.74 Å². The van der Waals surface area contributed by atoms with Crippen LogP contribution in [0.15, 0.2) is 60.9 Å². The Morgan fingerprint density at radius 3 is 2.06 bits per heavy atom. The zero-order valence-corrected chi connectivity index (χ0v) is 21.7. The van der Waals surface area contributed by atoms with Crippen molar-refractivity contribution in [3.63, 3.8) is 0 Å². The lowest BCUT2D eigenvalue weighted by Crippen LogP contribution is -2.25. The molecule has 0 saturated heterocycles. The number of hydrogen-bond acceptors (Lipinski definition) is 5. The largest absolute Gasteiger partial charge is 0.497 e. The molecule has 0 amide bonds. The summed E-state index contributed by atoms with van der Waals surface area (Å²) in [6, 6.07) is 16.8. The first kappa shape index (κ1) is 24.6. The SMILES string of the molecule is CCC(C)(Cc1ccc(Cn2cc(C(C)(C)C)nn2)cc1)Cn1cc(-c2ccc(OC)cc2)nn1. The fourth-order valence-electron chi connectivity index (χ4n) is 4.12. The predicted molar refractivity (Wildman–Crippen MR) is 138 cm³/mol. The molecule has 0 aliphatic rings. The summed E-state index contributed by atoms with van der Waals surface area (Å²) in [6.07, 6.45) is 6.09. The molecule has 7 nitrogen and oxygen atoms in total. The van der Waals surface area contributed by atoms with Crippen LogP contribution in [0, 0.1) is 5.41 Å². The van der Waals surface area contributed by atoms with Gasteiger partial charge in [-0.05, 0) is 53.6 Å². The molecule has 2 aromatic carbocycles. The van der Waals surface area contributed by atoms with Crippen LogP contribution >= 0.6 is 0 Å². The normalized spacial score (nSPS) is 13.5. The number of aromatic nitrogens is 6. The molecule has 184 valence electrons. The first-order chi connectivity index (χ1) is 16.7. The molecule has 2 heterocycles. The minimum atomic E-state index is 0.00617. The molecule has 1 atom stereocenters. The Hall–Kier alpha value is -3.48. The summed E-state index contributed by atoms with van der Waals surface area (Å²) in [5, 5.41) is 17.4. The van der Waals surface area contributed by atoms with Crippen LogP contribution < -0.4 is 4.74 Å². The highest BCUT2D eigenvalue weighted by atomic mass is 16.5. The molecule has 2 aromatic heterocycles. The Balaban J connectivity index is 1.40. The van der Waals surface area contributed by atoms with Crippen molar-refractivity contribution in [3.8, 4) is 17.0 Å². The summed E-state index contributed by atoms with van der Waals surface area (Å²) >= 11 is 0. The van der Waals surface area contributed by atoms with E-state index >= 15 is 0 Å². The van der Waals surface area contributed by atoms with Gasteiger partial charge in [-0.3, -0.25) is 4.68 Å². The summed E-state index contributed by atoms with van der Waals surface area (Å²) in [7, 11) is 1.67. The van der Waals surface area contributed by atoms with Crippen LogP contribution in [0.25, 0.3) is 11.3 Å². The van der Waals surface area contributed by atoms with Crippen molar-refractivity contribution in [3.05, 3.63) is 77.7 Å². The molecule has 0 aliphatic heterocycles. The number of ether oxygens (including phenoxy) is 1. The first-order valence-corrected chi connectivity index (χ1v) is 12.2. The van der Waals surface area contributed by atoms with E-state index in [0.717, 1.165) is 48.6 Å². The van der Waals surface area contributed by atoms with Gasteiger partial charge in [0.15, 0.2) is 0 Å². The Morgan fingerprint density at radius 2 is 1.46 bits per heavy atom. The fraction of sp³-hybridized carbons (Fsp3) is 0.429. The zero-order valence-electron chi connectivity index (χ0n) is 21.7. The predicted octanol–water partition coefficient (Wildman–Crippen LogP) is 5.55. The van der Waals surface area contributed by atoms with Crippen molar-refractivity contribution < 1.29 is 4.74 Å². The zero-order chi connectivity index (χ0) is 25.1. The topological polar surface area (TPSA) is 70.7 Å². The van der Waals surface area contributed by atoms with Gasteiger partial charge in [-0.2, -0.15) is 0 Å². The van der Waals surface area contributed by atoms with Crippen molar-refractivity contribution >= 4 is 0 Å². The molecule has 0 saturated carbocycles. The molecule has 7 heteroatoms. The Kier molecular flexibility index (Phi) is 7.05. The lowest BCUT2D eigenvalue weighted by Gasteiger charge is -2.28. The average Bonchev–Trinajstić information content (AvgIpc) is 3.50. The molecule has 4 rings (SSSR count). The number of rotatable bonds is 9. The Bertz CT molecular complexity index is 1230. The van der Waals surface area contributed by atoms with Gasteiger partial charge in [-0.15, -0.1) is 10.2 Å². The van der Waals surface area contributed by atoms with Crippen LogP contribution in [0.1, 0.15) is 57.9 Å². The lowest BCUT2D eigenvalue weighted by molar-refractivity contribution is 0.244. The van der Waals surface area contributed by atoms with Gasteiger partial charge in [-0.25, -0.2) is 4.68 Å². The molecule has 0 bridgehead atoms. The molecular weight excluding hydrogens is 436 g/mol. The van der Waals surface area contributed by atoms with E-state index in [1.54, 1.807) is 7.11 Å². The van der Waals surface area contributed by atoms with E-state index in [-0.39, 0.29) is 10.8 Å². The average molecular weight is 473 g/mol. The van der Waals surface area contributed by atoms with Crippen LogP contribution in [0.2, 0.25) is 0 Å². The summed E-state index contributed by atoms with van der Waals surface area (Å²) in [4.78, 5) is 0. The van der Waals surface area contributed by atoms with E-state index in [0.29, 0.717) is 0 Å². The minimum Gasteiger partial charge on any atom is -0.497 e. The third-order valence-corrected chi connectivity index (χ3v) is 6.63. The van der Waals surface area contributed by atoms with Crippen molar-refractivity contribution in [2.75, 3.05) is 7.11 Å². The molecule has 0 N–H and O–H groups in total. The van der Waals surface area contributed by atoms with E-state index < -0.39 is 0 Å². The monoisotopic (exact) mass is 472 g/mol. The van der Waals surface area contributed by atoms with Gasteiger partial charge in [0, 0.05) is 23.7 Å². The maximum Gasteiger partial charge on any atom is 0.118 e. The fourth-order valence-corrected chi connectivity index (χ4v) is 4.12. The standard InChI is InChI=1S/C28H36N6O/c1-7-28(5,20-34-18-25(29-31-34)23-12-14-24(35-6)15-13-23)16-21-8-10-22(11-9-21)17-33-19-26(30-32-33)27(2,3)4/h8-15,18-19H,7,16-17,20H2,1-6H3. The van der Waals surface area contributed by atoms with Gasteiger partial charge in [0.1, 0.15) is 11.4 Å². The number of methoxy groups -OCH3 is 1. The van der Waals surface area contributed by atoms with E-state index in [2.05, 4.69) is 79.5 Å². The van der Waals surface area contributed by atoms with Crippen LogP contribution in [-0.2, 0) is 24.9 Å². The summed E-state index contributed by atoms with van der Waals surface area (Å²) in [6.45, 7) is 12.6. The van der Waals surface area contributed by atoms with Crippen molar-refractivity contribution in [1.82, 2.24) is 30.0 Å². The number of benzene rings is 2. The highest BCUT2D eigenvalue weighted by molar-refractivity contribution is 5.58. The van der Waals surface area contributed by atoms with Crippen molar-refractivity contribution in [2.24, 2.45) is 5.41 Å². The molecule has 0 radical (unpaired) electrons. The molecule has 0 aliphatic carbocycles.